The second kappa shape index (κ2) is 8.00. The van der Waals surface area contributed by atoms with E-state index in [4.69, 9.17) is 4.74 Å². The minimum absolute atomic E-state index is 0.322. The number of ether oxygens (including phenoxy) is 1. The molecule has 0 spiro atoms. The Bertz CT molecular complexity index is 739. The molecule has 0 saturated heterocycles. The van der Waals surface area contributed by atoms with Crippen molar-refractivity contribution in [2.45, 2.75) is 52.4 Å². The van der Waals surface area contributed by atoms with E-state index in [1.165, 1.54) is 4.88 Å². The van der Waals surface area contributed by atoms with Crippen LogP contribution in [-0.2, 0) is 6.54 Å². The van der Waals surface area contributed by atoms with E-state index in [-0.39, 0.29) is 5.41 Å². The van der Waals surface area contributed by atoms with Crippen molar-refractivity contribution in [2.75, 3.05) is 13.2 Å². The number of pyridine rings is 1. The highest BCUT2D eigenvalue weighted by atomic mass is 32.1. The Hall–Kier alpha value is -1.54. The number of aliphatic hydroxyl groups is 2. The van der Waals surface area contributed by atoms with Crippen molar-refractivity contribution in [3.63, 3.8) is 0 Å². The Morgan fingerprint density at radius 1 is 1.19 bits per heavy atom. The maximum absolute atomic E-state index is 10.1. The van der Waals surface area contributed by atoms with Gasteiger partial charge in [0.15, 0.2) is 0 Å². The summed E-state index contributed by atoms with van der Waals surface area (Å²) in [6.07, 6.45) is -0.405. The molecule has 2 atom stereocenters. The maximum atomic E-state index is 10.1. The van der Waals surface area contributed by atoms with Gasteiger partial charge in [-0.2, -0.15) is 0 Å². The van der Waals surface area contributed by atoms with E-state index in [2.05, 4.69) is 15.3 Å². The number of aliphatic hydroxyl groups excluding tert-OH is 2. The molecule has 7 heteroatoms. The number of nitrogens with one attached hydrogen (secondary N) is 1. The highest BCUT2D eigenvalue weighted by molar-refractivity contribution is 7.11. The van der Waals surface area contributed by atoms with E-state index in [0.717, 1.165) is 22.9 Å². The fraction of sp³-hybridized carbons (Fsp3) is 0.579. The van der Waals surface area contributed by atoms with E-state index >= 15 is 0 Å². The summed E-state index contributed by atoms with van der Waals surface area (Å²) in [4.78, 5) is 10.0. The van der Waals surface area contributed by atoms with Crippen LogP contribution in [0.4, 0.5) is 0 Å². The van der Waals surface area contributed by atoms with Gasteiger partial charge in [-0.3, -0.25) is 0 Å². The van der Waals surface area contributed by atoms with Gasteiger partial charge in [-0.05, 0) is 39.7 Å². The summed E-state index contributed by atoms with van der Waals surface area (Å²) in [6.45, 7) is 7.75. The maximum Gasteiger partial charge on any atom is 0.213 e. The number of rotatable bonds is 7. The van der Waals surface area contributed by atoms with Crippen LogP contribution in [-0.4, -0.2) is 45.5 Å². The van der Waals surface area contributed by atoms with Crippen LogP contribution in [0.15, 0.2) is 18.2 Å². The number of hydrogen-bond acceptors (Lipinski definition) is 7. The average molecular weight is 378 g/mol. The van der Waals surface area contributed by atoms with Gasteiger partial charge in [-0.1, -0.05) is 6.07 Å². The molecule has 2 heterocycles. The second-order valence-corrected chi connectivity index (χ2v) is 8.58. The molecule has 1 aliphatic rings. The Balaban J connectivity index is 1.63. The van der Waals surface area contributed by atoms with Crippen molar-refractivity contribution in [2.24, 2.45) is 5.41 Å². The second-order valence-electron chi connectivity index (χ2n) is 7.29. The zero-order valence-electron chi connectivity index (χ0n) is 15.5. The smallest absolute Gasteiger partial charge is 0.213 e. The Kier molecular flexibility index (Phi) is 5.92. The first-order chi connectivity index (χ1) is 12.4. The molecule has 2 aromatic rings. The third kappa shape index (κ3) is 4.59. The van der Waals surface area contributed by atoms with Crippen molar-refractivity contribution in [3.8, 4) is 5.88 Å². The van der Waals surface area contributed by atoms with Gasteiger partial charge in [0.2, 0.25) is 5.88 Å². The molecule has 0 bridgehead atoms. The van der Waals surface area contributed by atoms with Crippen molar-refractivity contribution >= 4 is 11.3 Å². The topological polar surface area (TPSA) is 87.5 Å². The zero-order valence-corrected chi connectivity index (χ0v) is 16.3. The standard InChI is InChI=1S/C19H27N3O3S/c1-12-5-4-6-18(21-12)25-11-19(7-15(23)16(24)8-19)10-20-9-17-13(2)22-14(3)26-17/h4-6,15-16,20,23-24H,7-11H2,1-3H3. The quantitative estimate of drug-likeness (QED) is 0.685. The van der Waals surface area contributed by atoms with Gasteiger partial charge in [-0.25, -0.2) is 9.97 Å². The number of nitrogens with zero attached hydrogens (tertiary/aromatic N) is 2. The summed E-state index contributed by atoms with van der Waals surface area (Å²) in [6, 6.07) is 5.67. The highest BCUT2D eigenvalue weighted by Gasteiger charge is 2.44. The molecule has 142 valence electrons. The molecule has 2 aromatic heterocycles. The van der Waals surface area contributed by atoms with Crippen molar-refractivity contribution in [1.29, 1.82) is 0 Å². The van der Waals surface area contributed by atoms with Crippen LogP contribution in [0, 0.1) is 26.2 Å². The summed E-state index contributed by atoms with van der Waals surface area (Å²) in [5.41, 5.74) is 1.63. The van der Waals surface area contributed by atoms with Gasteiger partial charge < -0.3 is 20.3 Å². The summed E-state index contributed by atoms with van der Waals surface area (Å²) in [5, 5.41) is 24.7. The third-order valence-corrected chi connectivity index (χ3v) is 5.98. The van der Waals surface area contributed by atoms with Crippen LogP contribution >= 0.6 is 11.3 Å². The average Bonchev–Trinajstić information content (AvgIpc) is 3.05. The molecule has 1 aliphatic carbocycles. The fourth-order valence-corrected chi connectivity index (χ4v) is 4.47. The highest BCUT2D eigenvalue weighted by Crippen LogP contribution is 2.38. The molecule has 1 saturated carbocycles. The number of aromatic nitrogens is 2. The Morgan fingerprint density at radius 3 is 2.54 bits per heavy atom. The molecule has 0 aliphatic heterocycles. The van der Waals surface area contributed by atoms with Gasteiger partial charge in [-0.15, -0.1) is 11.3 Å². The largest absolute Gasteiger partial charge is 0.477 e. The van der Waals surface area contributed by atoms with Crippen LogP contribution in [0.3, 0.4) is 0 Å². The normalized spacial score (nSPS) is 25.6. The molecule has 0 radical (unpaired) electrons. The first kappa shape index (κ1) is 19.2. The molecular formula is C19H27N3O3S. The molecule has 2 unspecified atom stereocenters. The molecule has 3 rings (SSSR count). The van der Waals surface area contributed by atoms with E-state index in [0.29, 0.717) is 31.9 Å². The summed E-state index contributed by atoms with van der Waals surface area (Å²) < 4.78 is 5.92. The number of thiazole rings is 1. The SMILES string of the molecule is Cc1cccc(OCC2(CNCc3sc(C)nc3C)CC(O)C(O)C2)n1. The predicted molar refractivity (Wildman–Crippen MR) is 101 cm³/mol. The lowest BCUT2D eigenvalue weighted by atomic mass is 9.86. The van der Waals surface area contributed by atoms with E-state index in [9.17, 15) is 10.2 Å². The third-order valence-electron chi connectivity index (χ3n) is 4.90. The van der Waals surface area contributed by atoms with Gasteiger partial charge in [0.25, 0.3) is 0 Å². The molecule has 26 heavy (non-hydrogen) atoms. The lowest BCUT2D eigenvalue weighted by Gasteiger charge is -2.29. The van der Waals surface area contributed by atoms with Crippen LogP contribution in [0.25, 0.3) is 0 Å². The van der Waals surface area contributed by atoms with Gasteiger partial charge in [0, 0.05) is 35.1 Å². The zero-order chi connectivity index (χ0) is 18.7. The van der Waals surface area contributed by atoms with Crippen molar-refractivity contribution in [1.82, 2.24) is 15.3 Å². The summed E-state index contributed by atoms with van der Waals surface area (Å²) in [5.74, 6) is 0.578. The van der Waals surface area contributed by atoms with Crippen LogP contribution in [0.5, 0.6) is 5.88 Å². The Morgan fingerprint density at radius 2 is 1.92 bits per heavy atom. The molecule has 0 amide bonds. The van der Waals surface area contributed by atoms with Gasteiger partial charge in [0.05, 0.1) is 29.5 Å². The van der Waals surface area contributed by atoms with E-state index in [1.54, 1.807) is 11.3 Å². The summed E-state index contributed by atoms with van der Waals surface area (Å²) >= 11 is 1.70. The lowest BCUT2D eigenvalue weighted by molar-refractivity contribution is 0.0438. The summed E-state index contributed by atoms with van der Waals surface area (Å²) in [7, 11) is 0. The molecule has 0 aromatic carbocycles. The van der Waals surface area contributed by atoms with Gasteiger partial charge >= 0.3 is 0 Å². The lowest BCUT2D eigenvalue weighted by Crippen LogP contribution is -2.38. The predicted octanol–water partition coefficient (Wildman–Crippen LogP) is 2.13. The van der Waals surface area contributed by atoms with E-state index < -0.39 is 12.2 Å². The fourth-order valence-electron chi connectivity index (χ4n) is 3.56. The molecular weight excluding hydrogens is 350 g/mol. The van der Waals surface area contributed by atoms with E-state index in [1.807, 2.05) is 39.0 Å². The molecule has 1 fully saturated rings. The minimum Gasteiger partial charge on any atom is -0.477 e. The first-order valence-electron chi connectivity index (χ1n) is 8.93. The van der Waals surface area contributed by atoms with Crippen LogP contribution in [0.1, 0.15) is 34.1 Å². The monoisotopic (exact) mass is 377 g/mol. The van der Waals surface area contributed by atoms with Gasteiger partial charge in [0.1, 0.15) is 0 Å². The minimum atomic E-state index is -0.710. The Labute approximate surface area is 158 Å². The number of aryl methyl sites for hydroxylation is 3. The van der Waals surface area contributed by atoms with Crippen LogP contribution < -0.4 is 10.1 Å². The van der Waals surface area contributed by atoms with Crippen molar-refractivity contribution in [3.05, 3.63) is 39.5 Å². The van der Waals surface area contributed by atoms with Crippen molar-refractivity contribution < 1.29 is 14.9 Å². The first-order valence-corrected chi connectivity index (χ1v) is 9.75. The number of hydrogen-bond donors (Lipinski definition) is 3. The molecule has 6 nitrogen and oxygen atoms in total. The van der Waals surface area contributed by atoms with Crippen LogP contribution in [0.2, 0.25) is 0 Å². The molecule has 3 N–H and O–H groups in total.